The molecule has 0 saturated heterocycles. The van der Waals surface area contributed by atoms with Crippen molar-refractivity contribution in [3.05, 3.63) is 64.6 Å². The highest BCUT2D eigenvalue weighted by molar-refractivity contribution is 6.04. The van der Waals surface area contributed by atoms with Crippen LogP contribution >= 0.6 is 0 Å². The summed E-state index contributed by atoms with van der Waals surface area (Å²) in [5, 5.41) is 16.6. The molecule has 4 rings (SSSR count). The fourth-order valence-electron chi connectivity index (χ4n) is 3.67. The number of nitrogens with zero attached hydrogens (tertiary/aromatic N) is 3. The second kappa shape index (κ2) is 7.43. The second-order valence-electron chi connectivity index (χ2n) is 7.04. The molecule has 0 fully saturated rings. The van der Waals surface area contributed by atoms with Crippen LogP contribution in [0.1, 0.15) is 23.8 Å². The first-order chi connectivity index (χ1) is 14.4. The minimum Gasteiger partial charge on any atom is -0.476 e. The molecular weight excluding hydrogens is 388 g/mol. The summed E-state index contributed by atoms with van der Waals surface area (Å²) in [4.78, 5) is 51.3. The minimum absolute atomic E-state index is 0.0842. The van der Waals surface area contributed by atoms with Crippen molar-refractivity contribution in [2.75, 3.05) is 10.2 Å². The number of benzene rings is 2. The van der Waals surface area contributed by atoms with E-state index in [1.165, 1.54) is 17.0 Å². The van der Waals surface area contributed by atoms with E-state index in [4.69, 9.17) is 0 Å². The molecule has 2 aromatic carbocycles. The maximum absolute atomic E-state index is 13.2. The summed E-state index contributed by atoms with van der Waals surface area (Å²) in [6.07, 6.45) is 0.0842. The smallest absolute Gasteiger partial charge is 0.357 e. The van der Waals surface area contributed by atoms with Crippen molar-refractivity contribution < 1.29 is 19.5 Å². The van der Waals surface area contributed by atoms with Crippen molar-refractivity contribution >= 4 is 39.9 Å². The Hall–Kier alpha value is -4.01. The molecule has 1 aromatic heterocycles. The van der Waals surface area contributed by atoms with Crippen LogP contribution in [0.3, 0.4) is 0 Å². The maximum Gasteiger partial charge on any atom is 0.357 e. The number of carboxylic acid groups (broad SMARTS) is 1. The highest BCUT2D eigenvalue weighted by Gasteiger charge is 2.30. The van der Waals surface area contributed by atoms with Crippen LogP contribution in [0.15, 0.2) is 53.3 Å². The molecule has 2 heterocycles. The van der Waals surface area contributed by atoms with Crippen LogP contribution in [0.2, 0.25) is 0 Å². The molecule has 0 radical (unpaired) electrons. The van der Waals surface area contributed by atoms with Gasteiger partial charge in [-0.05, 0) is 25.1 Å². The number of amides is 2. The second-order valence-corrected chi connectivity index (χ2v) is 7.04. The number of carbonyl (C=O) groups is 3. The quantitative estimate of drug-likeness (QED) is 0.685. The van der Waals surface area contributed by atoms with E-state index in [0.29, 0.717) is 11.4 Å². The number of aromatic carboxylic acids is 1. The predicted molar refractivity (Wildman–Crippen MR) is 110 cm³/mol. The molecule has 2 N–H and O–H groups in total. The summed E-state index contributed by atoms with van der Waals surface area (Å²) in [5.41, 5.74) is 0.131. The Morgan fingerprint density at radius 2 is 1.77 bits per heavy atom. The first-order valence-corrected chi connectivity index (χ1v) is 9.31. The van der Waals surface area contributed by atoms with Gasteiger partial charge >= 0.3 is 5.97 Å². The van der Waals surface area contributed by atoms with Crippen LogP contribution < -0.4 is 15.8 Å². The Morgan fingerprint density at radius 1 is 1.10 bits per heavy atom. The topological polar surface area (TPSA) is 122 Å². The van der Waals surface area contributed by atoms with E-state index < -0.39 is 30.0 Å². The van der Waals surface area contributed by atoms with Crippen molar-refractivity contribution in [2.45, 2.75) is 25.9 Å². The van der Waals surface area contributed by atoms with Crippen molar-refractivity contribution in [3.63, 3.8) is 0 Å². The van der Waals surface area contributed by atoms with Gasteiger partial charge in [-0.25, -0.2) is 9.48 Å². The van der Waals surface area contributed by atoms with Crippen LogP contribution in [-0.2, 0) is 16.1 Å². The molecule has 0 aliphatic carbocycles. The number of rotatable bonds is 3. The average molecular weight is 406 g/mol. The Kier molecular flexibility index (Phi) is 4.78. The lowest BCUT2D eigenvalue weighted by Gasteiger charge is -2.28. The number of carboxylic acids is 1. The first-order valence-electron chi connectivity index (χ1n) is 9.31. The SMILES string of the molecule is CC1CC(=O)Nc2ccccc2N1C(=O)Cn1nc(C(=O)O)c2ccccc2c1=O. The third-order valence-electron chi connectivity index (χ3n) is 4.98. The Labute approximate surface area is 170 Å². The average Bonchev–Trinajstić information content (AvgIpc) is 2.84. The Bertz CT molecular complexity index is 1250. The molecule has 1 unspecified atom stereocenters. The molecule has 1 aliphatic rings. The van der Waals surface area contributed by atoms with Crippen LogP contribution in [0.5, 0.6) is 0 Å². The van der Waals surface area contributed by atoms with Crippen molar-refractivity contribution in [3.8, 4) is 0 Å². The van der Waals surface area contributed by atoms with Gasteiger partial charge in [0.1, 0.15) is 6.54 Å². The third-order valence-corrected chi connectivity index (χ3v) is 4.98. The zero-order valence-electron chi connectivity index (χ0n) is 16.0. The number of para-hydroxylation sites is 2. The first kappa shape index (κ1) is 19.3. The number of hydrogen-bond acceptors (Lipinski definition) is 5. The van der Waals surface area contributed by atoms with E-state index in [0.717, 1.165) is 4.68 Å². The van der Waals surface area contributed by atoms with E-state index in [1.807, 2.05) is 0 Å². The lowest BCUT2D eigenvalue weighted by molar-refractivity contribution is -0.120. The highest BCUT2D eigenvalue weighted by Crippen LogP contribution is 2.31. The summed E-state index contributed by atoms with van der Waals surface area (Å²) in [6, 6.07) is 12.7. The van der Waals surface area contributed by atoms with E-state index in [-0.39, 0.29) is 28.8 Å². The lowest BCUT2D eigenvalue weighted by Crippen LogP contribution is -2.43. The highest BCUT2D eigenvalue weighted by atomic mass is 16.4. The van der Waals surface area contributed by atoms with Crippen molar-refractivity contribution in [1.82, 2.24) is 9.78 Å². The molecule has 9 heteroatoms. The maximum atomic E-state index is 13.2. The minimum atomic E-state index is -1.30. The van der Waals surface area contributed by atoms with E-state index >= 15 is 0 Å². The van der Waals surface area contributed by atoms with Gasteiger partial charge in [-0.15, -0.1) is 0 Å². The van der Waals surface area contributed by atoms with Crippen molar-refractivity contribution in [1.29, 1.82) is 0 Å². The van der Waals surface area contributed by atoms with Gasteiger partial charge in [0, 0.05) is 17.8 Å². The predicted octanol–water partition coefficient (Wildman–Crippen LogP) is 1.86. The Balaban J connectivity index is 1.78. The van der Waals surface area contributed by atoms with Gasteiger partial charge in [0.2, 0.25) is 11.8 Å². The van der Waals surface area contributed by atoms with E-state index in [1.54, 1.807) is 43.3 Å². The van der Waals surface area contributed by atoms with Gasteiger partial charge in [0.15, 0.2) is 5.69 Å². The van der Waals surface area contributed by atoms with Crippen LogP contribution in [0.25, 0.3) is 10.8 Å². The Morgan fingerprint density at radius 3 is 2.50 bits per heavy atom. The fourth-order valence-corrected chi connectivity index (χ4v) is 3.67. The van der Waals surface area contributed by atoms with E-state index in [2.05, 4.69) is 10.4 Å². The summed E-state index contributed by atoms with van der Waals surface area (Å²) in [7, 11) is 0. The molecule has 9 nitrogen and oxygen atoms in total. The number of aromatic nitrogens is 2. The van der Waals surface area contributed by atoms with Crippen LogP contribution in [-0.4, -0.2) is 38.7 Å². The van der Waals surface area contributed by atoms with E-state index in [9.17, 15) is 24.3 Å². The van der Waals surface area contributed by atoms with Gasteiger partial charge in [-0.1, -0.05) is 30.3 Å². The summed E-state index contributed by atoms with van der Waals surface area (Å²) < 4.78 is 0.865. The summed E-state index contributed by atoms with van der Waals surface area (Å²) in [5.74, 6) is -2.00. The zero-order valence-corrected chi connectivity index (χ0v) is 16.0. The van der Waals surface area contributed by atoms with Crippen LogP contribution in [0.4, 0.5) is 11.4 Å². The number of hydrogen-bond donors (Lipinski definition) is 2. The van der Waals surface area contributed by atoms with Gasteiger partial charge < -0.3 is 15.3 Å². The fraction of sp³-hybridized carbons (Fsp3) is 0.190. The molecule has 3 aromatic rings. The largest absolute Gasteiger partial charge is 0.476 e. The molecule has 1 atom stereocenters. The number of carbonyl (C=O) groups excluding carboxylic acids is 2. The van der Waals surface area contributed by atoms with Gasteiger partial charge in [0.25, 0.3) is 5.56 Å². The molecule has 0 bridgehead atoms. The number of anilines is 2. The molecule has 0 saturated carbocycles. The standard InChI is InChI=1S/C21H18N4O5/c1-12-10-17(26)22-15-8-4-5-9-16(15)25(12)18(27)11-24-20(28)14-7-3-2-6-13(14)19(23-24)21(29)30/h2-9,12H,10-11H2,1H3,(H,22,26)(H,29,30). The number of nitrogens with one attached hydrogen (secondary N) is 1. The summed E-state index contributed by atoms with van der Waals surface area (Å²) >= 11 is 0. The van der Waals surface area contributed by atoms with Crippen LogP contribution in [0, 0.1) is 0 Å². The zero-order chi connectivity index (χ0) is 21.4. The molecular formula is C21H18N4O5. The number of fused-ring (bicyclic) bond motifs is 2. The molecule has 30 heavy (non-hydrogen) atoms. The third kappa shape index (κ3) is 3.30. The van der Waals surface area contributed by atoms with Crippen molar-refractivity contribution in [2.24, 2.45) is 0 Å². The molecule has 0 spiro atoms. The normalized spacial score (nSPS) is 16.0. The lowest BCUT2D eigenvalue weighted by atomic mass is 10.1. The molecule has 2 amide bonds. The summed E-state index contributed by atoms with van der Waals surface area (Å²) in [6.45, 7) is 1.27. The molecule has 152 valence electrons. The van der Waals surface area contributed by atoms with Gasteiger partial charge in [-0.2, -0.15) is 5.10 Å². The molecule has 1 aliphatic heterocycles. The van der Waals surface area contributed by atoms with Gasteiger partial charge in [0.05, 0.1) is 16.8 Å². The monoisotopic (exact) mass is 406 g/mol. The van der Waals surface area contributed by atoms with Gasteiger partial charge in [-0.3, -0.25) is 14.4 Å².